The molecule has 2 aromatic rings. The molecule has 1 heterocycles. The quantitative estimate of drug-likeness (QED) is 0.582. The average molecular weight is 356 g/mol. The van der Waals surface area contributed by atoms with Crippen LogP contribution in [0.5, 0.6) is 0 Å². The molecule has 1 aliphatic carbocycles. The topological polar surface area (TPSA) is 25.8 Å². The molecule has 3 rings (SSSR count). The standard InChI is InChI=1S/C22H26F2N2/c1-2-3-4-16-5-7-17(8-6-16)9-10-18-14-25-22(26-15-18)19-11-12-20(23)21(24)13-19/h2-3,11-17H,4-10H2,1H3/b3-2+. The number of aromatic nitrogens is 2. The van der Waals surface area contributed by atoms with Crippen LogP contribution < -0.4 is 0 Å². The molecule has 1 saturated carbocycles. The van der Waals surface area contributed by atoms with Gasteiger partial charge in [-0.2, -0.15) is 0 Å². The molecule has 0 amide bonds. The van der Waals surface area contributed by atoms with E-state index in [1.807, 2.05) is 0 Å². The van der Waals surface area contributed by atoms with Crippen LogP contribution in [0.4, 0.5) is 8.78 Å². The van der Waals surface area contributed by atoms with Crippen molar-refractivity contribution in [3.63, 3.8) is 0 Å². The Kier molecular flexibility index (Phi) is 6.48. The molecule has 1 fully saturated rings. The molecule has 0 aliphatic heterocycles. The van der Waals surface area contributed by atoms with Gasteiger partial charge in [0.25, 0.3) is 0 Å². The van der Waals surface area contributed by atoms with E-state index < -0.39 is 11.6 Å². The number of hydrogen-bond donors (Lipinski definition) is 0. The Bertz CT molecular complexity index is 732. The lowest BCUT2D eigenvalue weighted by Gasteiger charge is -2.27. The maximum absolute atomic E-state index is 13.3. The summed E-state index contributed by atoms with van der Waals surface area (Å²) < 4.78 is 26.4. The Labute approximate surface area is 154 Å². The second kappa shape index (κ2) is 9.02. The summed E-state index contributed by atoms with van der Waals surface area (Å²) in [6.45, 7) is 2.09. The largest absolute Gasteiger partial charge is 0.236 e. The van der Waals surface area contributed by atoms with Gasteiger partial charge in [-0.05, 0) is 74.6 Å². The smallest absolute Gasteiger partial charge is 0.159 e. The van der Waals surface area contributed by atoms with Crippen LogP contribution in [-0.2, 0) is 6.42 Å². The van der Waals surface area contributed by atoms with E-state index in [0.717, 1.165) is 36.0 Å². The molecule has 0 N–H and O–H groups in total. The second-order valence-corrected chi connectivity index (χ2v) is 7.27. The maximum Gasteiger partial charge on any atom is 0.159 e. The summed E-state index contributed by atoms with van der Waals surface area (Å²) in [5.74, 6) is 0.354. The van der Waals surface area contributed by atoms with E-state index in [1.165, 1.54) is 44.6 Å². The summed E-state index contributed by atoms with van der Waals surface area (Å²) in [5.41, 5.74) is 1.60. The number of halogens is 2. The first-order chi connectivity index (χ1) is 12.7. The highest BCUT2D eigenvalue weighted by Gasteiger charge is 2.20. The van der Waals surface area contributed by atoms with Crippen LogP contribution in [0.1, 0.15) is 51.0 Å². The Morgan fingerprint density at radius 3 is 2.35 bits per heavy atom. The van der Waals surface area contributed by atoms with Crippen molar-refractivity contribution in [1.29, 1.82) is 0 Å². The molecule has 0 bridgehead atoms. The number of rotatable bonds is 6. The fraction of sp³-hybridized carbons (Fsp3) is 0.455. The van der Waals surface area contributed by atoms with Gasteiger partial charge in [0.1, 0.15) is 0 Å². The summed E-state index contributed by atoms with van der Waals surface area (Å²) in [6, 6.07) is 3.74. The third-order valence-electron chi connectivity index (χ3n) is 5.40. The van der Waals surface area contributed by atoms with Crippen LogP contribution in [-0.4, -0.2) is 9.97 Å². The van der Waals surface area contributed by atoms with Gasteiger partial charge in [0, 0.05) is 18.0 Å². The SMILES string of the molecule is C/C=C/CC1CCC(CCc2cnc(-c3ccc(F)c(F)c3)nc2)CC1. The lowest BCUT2D eigenvalue weighted by atomic mass is 9.78. The predicted octanol–water partition coefficient (Wildman–Crippen LogP) is 6.13. The van der Waals surface area contributed by atoms with Crippen molar-refractivity contribution < 1.29 is 8.78 Å². The number of hydrogen-bond acceptors (Lipinski definition) is 2. The molecule has 0 saturated heterocycles. The van der Waals surface area contributed by atoms with Crippen molar-refractivity contribution in [2.24, 2.45) is 11.8 Å². The molecule has 0 atom stereocenters. The zero-order valence-electron chi connectivity index (χ0n) is 15.3. The van der Waals surface area contributed by atoms with Crippen molar-refractivity contribution in [1.82, 2.24) is 9.97 Å². The average Bonchev–Trinajstić information content (AvgIpc) is 2.68. The fourth-order valence-corrected chi connectivity index (χ4v) is 3.72. The van der Waals surface area contributed by atoms with Crippen LogP contribution in [0.15, 0.2) is 42.7 Å². The van der Waals surface area contributed by atoms with E-state index in [-0.39, 0.29) is 0 Å². The number of allylic oxidation sites excluding steroid dienone is 2. The Morgan fingerprint density at radius 1 is 1.00 bits per heavy atom. The molecule has 0 spiro atoms. The highest BCUT2D eigenvalue weighted by Crippen LogP contribution is 2.33. The van der Waals surface area contributed by atoms with Crippen LogP contribution >= 0.6 is 0 Å². The molecule has 4 heteroatoms. The van der Waals surface area contributed by atoms with Crippen LogP contribution in [0, 0.1) is 23.5 Å². The summed E-state index contributed by atoms with van der Waals surface area (Å²) in [5, 5.41) is 0. The summed E-state index contributed by atoms with van der Waals surface area (Å²) >= 11 is 0. The van der Waals surface area contributed by atoms with Crippen molar-refractivity contribution >= 4 is 0 Å². The lowest BCUT2D eigenvalue weighted by Crippen LogP contribution is -2.14. The highest BCUT2D eigenvalue weighted by atomic mass is 19.2. The third kappa shape index (κ3) is 4.96. The first-order valence-electron chi connectivity index (χ1n) is 9.53. The highest BCUT2D eigenvalue weighted by molar-refractivity contribution is 5.54. The third-order valence-corrected chi connectivity index (χ3v) is 5.40. The van der Waals surface area contributed by atoms with E-state index in [9.17, 15) is 8.78 Å². The zero-order chi connectivity index (χ0) is 18.4. The molecule has 0 unspecified atom stereocenters. The molecular formula is C22H26F2N2. The van der Waals surface area contributed by atoms with E-state index in [4.69, 9.17) is 0 Å². The van der Waals surface area contributed by atoms with Gasteiger partial charge in [-0.15, -0.1) is 0 Å². The van der Waals surface area contributed by atoms with Gasteiger partial charge in [-0.1, -0.05) is 25.0 Å². The van der Waals surface area contributed by atoms with Crippen molar-refractivity contribution in [2.45, 2.75) is 51.9 Å². The van der Waals surface area contributed by atoms with Gasteiger partial charge in [0.2, 0.25) is 0 Å². The fourth-order valence-electron chi connectivity index (χ4n) is 3.72. The Balaban J connectivity index is 1.50. The minimum Gasteiger partial charge on any atom is -0.236 e. The molecule has 1 aliphatic rings. The van der Waals surface area contributed by atoms with Gasteiger partial charge in [0.15, 0.2) is 17.5 Å². The molecule has 1 aromatic heterocycles. The first kappa shape index (κ1) is 18.7. The van der Waals surface area contributed by atoms with Crippen molar-refractivity contribution in [2.75, 3.05) is 0 Å². The van der Waals surface area contributed by atoms with Gasteiger partial charge in [0.05, 0.1) is 0 Å². The normalized spacial score (nSPS) is 20.6. The molecule has 1 aromatic carbocycles. The van der Waals surface area contributed by atoms with Crippen LogP contribution in [0.2, 0.25) is 0 Å². The second-order valence-electron chi connectivity index (χ2n) is 7.27. The number of nitrogens with zero attached hydrogens (tertiary/aromatic N) is 2. The first-order valence-corrected chi connectivity index (χ1v) is 9.53. The summed E-state index contributed by atoms with van der Waals surface area (Å²) in [7, 11) is 0. The van der Waals surface area contributed by atoms with Gasteiger partial charge in [-0.3, -0.25) is 0 Å². The monoisotopic (exact) mass is 356 g/mol. The van der Waals surface area contributed by atoms with Gasteiger partial charge < -0.3 is 0 Å². The predicted molar refractivity (Wildman–Crippen MR) is 101 cm³/mol. The minimum absolute atomic E-state index is 0.428. The molecule has 138 valence electrons. The van der Waals surface area contributed by atoms with Crippen molar-refractivity contribution in [3.05, 3.63) is 59.9 Å². The van der Waals surface area contributed by atoms with Gasteiger partial charge in [-0.25, -0.2) is 18.7 Å². The van der Waals surface area contributed by atoms with E-state index in [0.29, 0.717) is 11.4 Å². The van der Waals surface area contributed by atoms with Crippen LogP contribution in [0.3, 0.4) is 0 Å². The van der Waals surface area contributed by atoms with Crippen molar-refractivity contribution in [3.8, 4) is 11.4 Å². The lowest BCUT2D eigenvalue weighted by molar-refractivity contribution is 0.265. The minimum atomic E-state index is -0.875. The molecule has 0 radical (unpaired) electrons. The Morgan fingerprint density at radius 2 is 1.69 bits per heavy atom. The molecular weight excluding hydrogens is 330 g/mol. The zero-order valence-corrected chi connectivity index (χ0v) is 15.3. The molecule has 26 heavy (non-hydrogen) atoms. The maximum atomic E-state index is 13.3. The van der Waals surface area contributed by atoms with E-state index >= 15 is 0 Å². The number of benzene rings is 1. The molecule has 2 nitrogen and oxygen atoms in total. The van der Waals surface area contributed by atoms with Crippen LogP contribution in [0.25, 0.3) is 11.4 Å². The van der Waals surface area contributed by atoms with Gasteiger partial charge >= 0.3 is 0 Å². The van der Waals surface area contributed by atoms with E-state index in [1.54, 1.807) is 12.4 Å². The van der Waals surface area contributed by atoms with E-state index in [2.05, 4.69) is 29.0 Å². The summed E-state index contributed by atoms with van der Waals surface area (Å²) in [4.78, 5) is 8.64. The number of aryl methyl sites for hydroxylation is 1. The summed E-state index contributed by atoms with van der Waals surface area (Å²) in [6.07, 6.45) is 16.7. The Hall–Kier alpha value is -2.10.